The van der Waals surface area contributed by atoms with Crippen molar-refractivity contribution < 1.29 is 0 Å². The summed E-state index contributed by atoms with van der Waals surface area (Å²) in [5.41, 5.74) is 0. The SMILES string of the molecule is CC(C)N(CCN1CCN(C)CC1)C(C)C. The molecule has 16 heavy (non-hydrogen) atoms. The van der Waals surface area contributed by atoms with Crippen molar-refractivity contribution in [3.05, 3.63) is 0 Å². The Balaban J connectivity index is 2.27. The first kappa shape index (κ1) is 13.9. The average Bonchev–Trinajstić information content (AvgIpc) is 2.20. The third-order valence-electron chi connectivity index (χ3n) is 3.60. The molecule has 1 saturated heterocycles. The van der Waals surface area contributed by atoms with Gasteiger partial charge in [0.15, 0.2) is 0 Å². The second-order valence-corrected chi connectivity index (χ2v) is 5.57. The molecule has 0 aliphatic carbocycles. The molecule has 3 heteroatoms. The van der Waals surface area contributed by atoms with Crippen molar-refractivity contribution in [2.24, 2.45) is 0 Å². The monoisotopic (exact) mass is 227 g/mol. The van der Waals surface area contributed by atoms with Crippen molar-refractivity contribution in [3.8, 4) is 0 Å². The normalized spacial score (nSPS) is 20.2. The summed E-state index contributed by atoms with van der Waals surface area (Å²) in [6.45, 7) is 16.5. The number of piperazine rings is 1. The lowest BCUT2D eigenvalue weighted by molar-refractivity contribution is 0.111. The summed E-state index contributed by atoms with van der Waals surface area (Å²) in [7, 11) is 2.21. The van der Waals surface area contributed by atoms with Gasteiger partial charge >= 0.3 is 0 Å². The lowest BCUT2D eigenvalue weighted by atomic mass is 10.2. The lowest BCUT2D eigenvalue weighted by Crippen LogP contribution is -2.48. The summed E-state index contributed by atoms with van der Waals surface area (Å²) in [5.74, 6) is 0. The molecule has 0 radical (unpaired) electrons. The van der Waals surface area contributed by atoms with E-state index in [2.05, 4.69) is 49.4 Å². The zero-order valence-electron chi connectivity index (χ0n) is 11.7. The quantitative estimate of drug-likeness (QED) is 0.702. The number of likely N-dealkylation sites (N-methyl/N-ethyl adjacent to an activating group) is 1. The number of hydrogen-bond donors (Lipinski definition) is 0. The summed E-state index contributed by atoms with van der Waals surface area (Å²) >= 11 is 0. The van der Waals surface area contributed by atoms with Gasteiger partial charge in [0.05, 0.1) is 0 Å². The number of nitrogens with zero attached hydrogens (tertiary/aromatic N) is 3. The molecule has 0 unspecified atom stereocenters. The van der Waals surface area contributed by atoms with Gasteiger partial charge in [0, 0.05) is 51.4 Å². The fraction of sp³-hybridized carbons (Fsp3) is 1.00. The molecule has 0 spiro atoms. The Hall–Kier alpha value is -0.120. The molecule has 0 bridgehead atoms. The van der Waals surface area contributed by atoms with Gasteiger partial charge in [-0.3, -0.25) is 9.80 Å². The third-order valence-corrected chi connectivity index (χ3v) is 3.60. The fourth-order valence-corrected chi connectivity index (χ4v) is 2.44. The van der Waals surface area contributed by atoms with Crippen molar-refractivity contribution in [1.29, 1.82) is 0 Å². The van der Waals surface area contributed by atoms with Crippen LogP contribution in [0.25, 0.3) is 0 Å². The van der Waals surface area contributed by atoms with E-state index >= 15 is 0 Å². The van der Waals surface area contributed by atoms with E-state index in [1.807, 2.05) is 0 Å². The Kier molecular flexibility index (Phi) is 5.73. The Labute approximate surface area is 101 Å². The minimum atomic E-state index is 0.660. The Morgan fingerprint density at radius 3 is 1.88 bits per heavy atom. The first-order valence-electron chi connectivity index (χ1n) is 6.67. The summed E-state index contributed by atoms with van der Waals surface area (Å²) in [4.78, 5) is 7.59. The molecule has 0 amide bonds. The van der Waals surface area contributed by atoms with Crippen molar-refractivity contribution in [1.82, 2.24) is 14.7 Å². The maximum Gasteiger partial charge on any atom is 0.0115 e. The van der Waals surface area contributed by atoms with E-state index in [4.69, 9.17) is 0 Å². The minimum absolute atomic E-state index is 0.660. The van der Waals surface area contributed by atoms with Gasteiger partial charge in [-0.1, -0.05) is 0 Å². The van der Waals surface area contributed by atoms with Crippen molar-refractivity contribution in [2.45, 2.75) is 39.8 Å². The van der Waals surface area contributed by atoms with E-state index in [9.17, 15) is 0 Å². The van der Waals surface area contributed by atoms with Crippen LogP contribution in [0.5, 0.6) is 0 Å². The van der Waals surface area contributed by atoms with Crippen LogP contribution in [-0.4, -0.2) is 73.1 Å². The van der Waals surface area contributed by atoms with Crippen LogP contribution in [-0.2, 0) is 0 Å². The molecule has 0 saturated carbocycles. The molecular formula is C13H29N3. The highest BCUT2D eigenvalue weighted by molar-refractivity contribution is 4.73. The van der Waals surface area contributed by atoms with Crippen molar-refractivity contribution in [2.75, 3.05) is 46.3 Å². The van der Waals surface area contributed by atoms with Crippen LogP contribution in [0, 0.1) is 0 Å². The number of rotatable bonds is 5. The van der Waals surface area contributed by atoms with Crippen LogP contribution >= 0.6 is 0 Å². The third kappa shape index (κ3) is 4.40. The number of hydrogen-bond acceptors (Lipinski definition) is 3. The van der Waals surface area contributed by atoms with E-state index in [1.54, 1.807) is 0 Å². The van der Waals surface area contributed by atoms with E-state index in [-0.39, 0.29) is 0 Å². The highest BCUT2D eigenvalue weighted by Crippen LogP contribution is 2.06. The second kappa shape index (κ2) is 6.58. The molecule has 0 N–H and O–H groups in total. The molecule has 1 aliphatic rings. The highest BCUT2D eigenvalue weighted by Gasteiger charge is 2.17. The predicted molar refractivity (Wildman–Crippen MR) is 70.9 cm³/mol. The minimum Gasteiger partial charge on any atom is -0.304 e. The molecule has 0 atom stereocenters. The van der Waals surface area contributed by atoms with Crippen molar-refractivity contribution >= 4 is 0 Å². The van der Waals surface area contributed by atoms with Gasteiger partial charge in [0.2, 0.25) is 0 Å². The van der Waals surface area contributed by atoms with Crippen molar-refractivity contribution in [3.63, 3.8) is 0 Å². The first-order valence-corrected chi connectivity index (χ1v) is 6.67. The Bertz CT molecular complexity index is 176. The van der Waals surface area contributed by atoms with Gasteiger partial charge < -0.3 is 4.90 Å². The maximum absolute atomic E-state index is 2.60. The van der Waals surface area contributed by atoms with E-state index in [1.165, 1.54) is 39.3 Å². The van der Waals surface area contributed by atoms with Crippen LogP contribution in [0.1, 0.15) is 27.7 Å². The Morgan fingerprint density at radius 2 is 1.44 bits per heavy atom. The van der Waals surface area contributed by atoms with Crippen LogP contribution in [0.2, 0.25) is 0 Å². The molecule has 0 aromatic carbocycles. The fourth-order valence-electron chi connectivity index (χ4n) is 2.44. The zero-order chi connectivity index (χ0) is 12.1. The van der Waals surface area contributed by atoms with E-state index < -0.39 is 0 Å². The summed E-state index contributed by atoms with van der Waals surface area (Å²) in [6, 6.07) is 1.32. The van der Waals surface area contributed by atoms with Crippen LogP contribution in [0.4, 0.5) is 0 Å². The topological polar surface area (TPSA) is 9.72 Å². The summed E-state index contributed by atoms with van der Waals surface area (Å²) in [6.07, 6.45) is 0. The van der Waals surface area contributed by atoms with Gasteiger partial charge in [-0.15, -0.1) is 0 Å². The van der Waals surface area contributed by atoms with Gasteiger partial charge in [-0.25, -0.2) is 0 Å². The van der Waals surface area contributed by atoms with Crippen LogP contribution in [0.15, 0.2) is 0 Å². The van der Waals surface area contributed by atoms with Gasteiger partial charge in [-0.05, 0) is 34.7 Å². The van der Waals surface area contributed by atoms with Gasteiger partial charge in [-0.2, -0.15) is 0 Å². The van der Waals surface area contributed by atoms with Gasteiger partial charge in [0.1, 0.15) is 0 Å². The molecule has 1 heterocycles. The average molecular weight is 227 g/mol. The summed E-state index contributed by atoms with van der Waals surface area (Å²) < 4.78 is 0. The predicted octanol–water partition coefficient (Wildman–Crippen LogP) is 1.35. The molecule has 1 rings (SSSR count). The lowest BCUT2D eigenvalue weighted by Gasteiger charge is -2.36. The standard InChI is InChI=1S/C13H29N3/c1-12(2)16(13(3)4)11-10-15-8-6-14(5)7-9-15/h12-13H,6-11H2,1-5H3. The summed E-state index contributed by atoms with van der Waals surface area (Å²) in [5, 5.41) is 0. The molecule has 1 fully saturated rings. The molecule has 3 nitrogen and oxygen atoms in total. The maximum atomic E-state index is 2.60. The van der Waals surface area contributed by atoms with Gasteiger partial charge in [0.25, 0.3) is 0 Å². The van der Waals surface area contributed by atoms with Crippen LogP contribution < -0.4 is 0 Å². The molecule has 0 aromatic heterocycles. The van der Waals surface area contributed by atoms with Crippen LogP contribution in [0.3, 0.4) is 0 Å². The molecular weight excluding hydrogens is 198 g/mol. The largest absolute Gasteiger partial charge is 0.304 e. The zero-order valence-corrected chi connectivity index (χ0v) is 11.7. The van der Waals surface area contributed by atoms with E-state index in [0.29, 0.717) is 12.1 Å². The highest BCUT2D eigenvalue weighted by atomic mass is 15.3. The first-order chi connectivity index (χ1) is 7.50. The Morgan fingerprint density at radius 1 is 0.938 bits per heavy atom. The molecule has 0 aromatic rings. The smallest absolute Gasteiger partial charge is 0.0115 e. The molecule has 96 valence electrons. The van der Waals surface area contributed by atoms with E-state index in [0.717, 1.165) is 0 Å². The molecule has 1 aliphatic heterocycles. The second-order valence-electron chi connectivity index (χ2n) is 5.57.